The van der Waals surface area contributed by atoms with Crippen LogP contribution >= 0.6 is 0 Å². The second-order valence-corrected chi connectivity index (χ2v) is 8.49. The second-order valence-electron chi connectivity index (χ2n) is 8.49. The van der Waals surface area contributed by atoms with E-state index < -0.39 is 0 Å². The molecule has 12 heteroatoms. The first kappa shape index (κ1) is 23.9. The Kier molecular flexibility index (Phi) is 6.47. The summed E-state index contributed by atoms with van der Waals surface area (Å²) in [6.45, 7) is 2.45. The Morgan fingerprint density at radius 2 is 2.03 bits per heavy atom. The van der Waals surface area contributed by atoms with Crippen molar-refractivity contribution in [1.29, 1.82) is 0 Å². The first-order chi connectivity index (χ1) is 17.9. The lowest BCUT2D eigenvalue weighted by molar-refractivity contribution is 0.102. The maximum Gasteiger partial charge on any atom is 0.316 e. The summed E-state index contributed by atoms with van der Waals surface area (Å²) in [6, 6.07) is 8.84. The number of aromatic nitrogens is 6. The molecule has 0 saturated heterocycles. The van der Waals surface area contributed by atoms with Gasteiger partial charge >= 0.3 is 6.01 Å². The van der Waals surface area contributed by atoms with Crippen molar-refractivity contribution >= 4 is 39.1 Å². The first-order valence-electron chi connectivity index (χ1n) is 11.5. The van der Waals surface area contributed by atoms with Crippen molar-refractivity contribution in [1.82, 2.24) is 29.9 Å². The number of methoxy groups -OCH3 is 1. The van der Waals surface area contributed by atoms with E-state index in [-0.39, 0.29) is 18.0 Å². The number of nitrogens with zero attached hydrogens (tertiary/aromatic N) is 6. The van der Waals surface area contributed by atoms with Gasteiger partial charge in [-0.3, -0.25) is 9.48 Å². The van der Waals surface area contributed by atoms with Crippen molar-refractivity contribution in [3.63, 3.8) is 0 Å². The first-order valence-corrected chi connectivity index (χ1v) is 11.5. The lowest BCUT2D eigenvalue weighted by atomic mass is 10.1. The van der Waals surface area contributed by atoms with E-state index in [9.17, 15) is 4.79 Å². The number of hydrogen-bond donors (Lipinski definition) is 3. The van der Waals surface area contributed by atoms with E-state index in [4.69, 9.17) is 15.2 Å². The molecular weight excluding hydrogens is 474 g/mol. The van der Waals surface area contributed by atoms with E-state index in [0.717, 1.165) is 11.1 Å². The van der Waals surface area contributed by atoms with Crippen molar-refractivity contribution in [2.45, 2.75) is 13.0 Å². The Morgan fingerprint density at radius 3 is 2.78 bits per heavy atom. The van der Waals surface area contributed by atoms with E-state index >= 15 is 0 Å². The van der Waals surface area contributed by atoms with Crippen LogP contribution in [0.4, 0.5) is 11.4 Å². The number of nitrogens with one attached hydrogen (secondary N) is 2. The fourth-order valence-electron chi connectivity index (χ4n) is 3.85. The number of carbonyl (C=O) groups is 1. The van der Waals surface area contributed by atoms with Crippen molar-refractivity contribution in [3.05, 3.63) is 60.7 Å². The van der Waals surface area contributed by atoms with E-state index in [2.05, 4.69) is 35.9 Å². The third kappa shape index (κ3) is 5.09. The highest BCUT2D eigenvalue weighted by molar-refractivity contribution is 6.14. The number of ether oxygens (including phenoxy) is 2. The number of fused-ring (bicyclic) bond motifs is 2. The van der Waals surface area contributed by atoms with Crippen molar-refractivity contribution < 1.29 is 14.3 Å². The lowest BCUT2D eigenvalue weighted by Gasteiger charge is -2.14. The van der Waals surface area contributed by atoms with Gasteiger partial charge in [-0.2, -0.15) is 20.3 Å². The molecule has 0 saturated carbocycles. The molecule has 12 nitrogen and oxygen atoms in total. The molecule has 0 unspecified atom stereocenters. The molecule has 0 radical (unpaired) electrons. The molecule has 1 amide bonds. The zero-order valence-electron chi connectivity index (χ0n) is 20.5. The average molecular weight is 500 g/mol. The second kappa shape index (κ2) is 10.0. The average Bonchev–Trinajstić information content (AvgIpc) is 3.27. The molecule has 37 heavy (non-hydrogen) atoms. The Morgan fingerprint density at radius 1 is 1.16 bits per heavy atom. The molecule has 0 fully saturated rings. The van der Waals surface area contributed by atoms with Crippen LogP contribution in [-0.2, 0) is 7.05 Å². The number of hydrogen-bond acceptors (Lipinski definition) is 10. The summed E-state index contributed by atoms with van der Waals surface area (Å²) in [5, 5.41) is 19.8. The zero-order chi connectivity index (χ0) is 25.9. The third-order valence-electron chi connectivity index (χ3n) is 5.50. The minimum absolute atomic E-state index is 0.0565. The van der Waals surface area contributed by atoms with Crippen LogP contribution < -0.4 is 25.8 Å². The van der Waals surface area contributed by atoms with Crippen molar-refractivity contribution in [3.8, 4) is 17.5 Å². The summed E-state index contributed by atoms with van der Waals surface area (Å²) < 4.78 is 12.9. The molecule has 0 aliphatic rings. The zero-order valence-corrected chi connectivity index (χ0v) is 20.5. The van der Waals surface area contributed by atoms with Crippen LogP contribution in [0, 0.1) is 0 Å². The predicted molar refractivity (Wildman–Crippen MR) is 139 cm³/mol. The maximum absolute atomic E-state index is 13.5. The Hall–Kier alpha value is -4.84. The summed E-state index contributed by atoms with van der Waals surface area (Å²) in [7, 11) is 3.29. The predicted octanol–water partition coefficient (Wildman–Crippen LogP) is 3.12. The van der Waals surface area contributed by atoms with Gasteiger partial charge in [-0.05, 0) is 25.1 Å². The van der Waals surface area contributed by atoms with Crippen LogP contribution in [0.15, 0.2) is 55.1 Å². The number of carbonyl (C=O) groups excluding carboxylic acids is 1. The molecule has 0 aliphatic heterocycles. The van der Waals surface area contributed by atoms with Crippen molar-refractivity contribution in [2.75, 3.05) is 24.3 Å². The standard InChI is InChI=1S/C25H25N9O3/c1-14(26)10-27-20-5-4-18(23-19(20)12-28-25(32-23)36-3)24(35)31-16-8-15-13-34(2)33-22(15)21(9-16)37-17-6-7-29-30-11-17/h4-9,11-14,27H,10,26H2,1-3H3,(H,31,35)/t14-/m0/s1. The van der Waals surface area contributed by atoms with Gasteiger partial charge in [0.15, 0.2) is 5.75 Å². The number of rotatable bonds is 8. The molecule has 3 aromatic heterocycles. The molecule has 0 spiro atoms. The Balaban J connectivity index is 1.52. The summed E-state index contributed by atoms with van der Waals surface area (Å²) in [5.41, 5.74) is 8.63. The third-order valence-corrected chi connectivity index (χ3v) is 5.50. The van der Waals surface area contributed by atoms with E-state index in [1.165, 1.54) is 19.5 Å². The van der Waals surface area contributed by atoms with E-state index in [1.54, 1.807) is 29.1 Å². The van der Waals surface area contributed by atoms with Gasteiger partial charge in [0.25, 0.3) is 5.91 Å². The smallest absolute Gasteiger partial charge is 0.316 e. The molecule has 5 rings (SSSR count). The molecule has 0 bridgehead atoms. The van der Waals surface area contributed by atoms with E-state index in [0.29, 0.717) is 45.7 Å². The van der Waals surface area contributed by atoms with Crippen LogP contribution in [0.2, 0.25) is 0 Å². The summed E-state index contributed by atoms with van der Waals surface area (Å²) in [5.74, 6) is 0.602. The molecule has 188 valence electrons. The van der Waals surface area contributed by atoms with Gasteiger partial charge in [0.05, 0.1) is 30.6 Å². The minimum atomic E-state index is -0.357. The van der Waals surface area contributed by atoms with Gasteiger partial charge in [-0.25, -0.2) is 4.98 Å². The van der Waals surface area contributed by atoms with Crippen LogP contribution in [0.3, 0.4) is 0 Å². The highest BCUT2D eigenvalue weighted by Gasteiger charge is 2.18. The SMILES string of the molecule is COc1ncc2c(NC[C@H](C)N)ccc(C(=O)Nc3cc(Oc4ccnnc4)c4nn(C)cc4c3)c2n1. The van der Waals surface area contributed by atoms with Gasteiger partial charge in [0.1, 0.15) is 11.3 Å². The van der Waals surface area contributed by atoms with Crippen LogP contribution in [0.1, 0.15) is 17.3 Å². The van der Waals surface area contributed by atoms with Gasteiger partial charge < -0.3 is 25.8 Å². The highest BCUT2D eigenvalue weighted by Crippen LogP contribution is 2.33. The minimum Gasteiger partial charge on any atom is -0.467 e. The van der Waals surface area contributed by atoms with Crippen molar-refractivity contribution in [2.24, 2.45) is 12.8 Å². The molecule has 3 heterocycles. The fourth-order valence-corrected chi connectivity index (χ4v) is 3.85. The van der Waals surface area contributed by atoms with Crippen LogP contribution in [-0.4, -0.2) is 55.5 Å². The summed E-state index contributed by atoms with van der Waals surface area (Å²) >= 11 is 0. The number of nitrogens with two attached hydrogens (primary N) is 1. The topological polar surface area (TPSA) is 155 Å². The number of aryl methyl sites for hydroxylation is 1. The maximum atomic E-state index is 13.5. The summed E-state index contributed by atoms with van der Waals surface area (Å²) in [6.07, 6.45) is 6.50. The molecular formula is C25H25N9O3. The summed E-state index contributed by atoms with van der Waals surface area (Å²) in [4.78, 5) is 22.2. The van der Waals surface area contributed by atoms with Crippen LogP contribution in [0.5, 0.6) is 17.5 Å². The van der Waals surface area contributed by atoms with Gasteiger partial charge in [0, 0.05) is 66.3 Å². The largest absolute Gasteiger partial charge is 0.467 e. The van der Waals surface area contributed by atoms with E-state index in [1.807, 2.05) is 32.3 Å². The normalized spacial score (nSPS) is 11.9. The molecule has 2 aromatic carbocycles. The van der Waals surface area contributed by atoms with Gasteiger partial charge in [0.2, 0.25) is 0 Å². The van der Waals surface area contributed by atoms with Gasteiger partial charge in [-0.15, -0.1) is 0 Å². The Labute approximate surface area is 211 Å². The number of benzene rings is 2. The fraction of sp³-hybridized carbons (Fsp3) is 0.200. The quantitative estimate of drug-likeness (QED) is 0.290. The Bertz CT molecular complexity index is 1590. The highest BCUT2D eigenvalue weighted by atomic mass is 16.5. The monoisotopic (exact) mass is 499 g/mol. The van der Waals surface area contributed by atoms with Crippen LogP contribution in [0.25, 0.3) is 21.8 Å². The number of amides is 1. The van der Waals surface area contributed by atoms with Gasteiger partial charge in [-0.1, -0.05) is 0 Å². The molecule has 1 atom stereocenters. The molecule has 0 aliphatic carbocycles. The molecule has 4 N–H and O–H groups in total. The lowest BCUT2D eigenvalue weighted by Crippen LogP contribution is -2.25. The number of anilines is 2. The molecule has 5 aromatic rings.